The minimum Gasteiger partial charge on any atom is -0.615 e. The predicted octanol–water partition coefficient (Wildman–Crippen LogP) is 2.26. The zero-order chi connectivity index (χ0) is 12.1. The molecule has 0 spiro atoms. The highest BCUT2D eigenvalue weighted by molar-refractivity contribution is 7.77. The second-order valence-corrected chi connectivity index (χ2v) is 4.83. The first-order valence-electron chi connectivity index (χ1n) is 4.41. The second-order valence-electron chi connectivity index (χ2n) is 2.76. The molecule has 0 radical (unpaired) electrons. The first-order chi connectivity index (χ1) is 7.58. The molecule has 0 bridgehead atoms. The minimum absolute atomic E-state index is 0.0246. The molecule has 88 valence electrons. The predicted molar refractivity (Wildman–Crippen MR) is 62.2 cm³/mol. The van der Waals surface area contributed by atoms with Crippen LogP contribution in [0.3, 0.4) is 0 Å². The van der Waals surface area contributed by atoms with E-state index in [9.17, 15) is 9.69 Å². The van der Waals surface area contributed by atoms with Crippen LogP contribution in [0.1, 0.15) is 28.8 Å². The van der Waals surface area contributed by atoms with Gasteiger partial charge in [-0.2, -0.15) is 0 Å². The van der Waals surface area contributed by atoms with Gasteiger partial charge in [0.2, 0.25) is 5.76 Å². The SMILES string of the molecule is CCOC(=O)c1oc(C=[P+]([O-])Cl)cc1CCl. The van der Waals surface area contributed by atoms with Crippen molar-refractivity contribution in [3.05, 3.63) is 23.2 Å². The number of furan rings is 1. The summed E-state index contributed by atoms with van der Waals surface area (Å²) in [5, 5.41) is 0. The lowest BCUT2D eigenvalue weighted by molar-refractivity contribution is -0.147. The average Bonchev–Trinajstić information content (AvgIpc) is 2.60. The highest BCUT2D eigenvalue weighted by Gasteiger charge is 2.19. The molecule has 0 amide bonds. The van der Waals surface area contributed by atoms with Crippen LogP contribution in [0.2, 0.25) is 0 Å². The van der Waals surface area contributed by atoms with E-state index in [4.69, 9.17) is 32.0 Å². The molecule has 0 saturated carbocycles. The summed E-state index contributed by atoms with van der Waals surface area (Å²) >= 11 is 10.9. The van der Waals surface area contributed by atoms with E-state index in [0.717, 1.165) is 0 Å². The van der Waals surface area contributed by atoms with Gasteiger partial charge in [-0.05, 0) is 13.0 Å². The number of hydrogen-bond donors (Lipinski definition) is 0. The number of ether oxygens (including phenoxy) is 1. The quantitative estimate of drug-likeness (QED) is 0.483. The lowest BCUT2D eigenvalue weighted by atomic mass is 10.2. The Morgan fingerprint density at radius 3 is 2.94 bits per heavy atom. The van der Waals surface area contributed by atoms with Crippen molar-refractivity contribution >= 4 is 41.7 Å². The molecule has 0 aliphatic carbocycles. The summed E-state index contributed by atoms with van der Waals surface area (Å²) in [4.78, 5) is 22.2. The van der Waals surface area contributed by atoms with Crippen LogP contribution in [0.15, 0.2) is 10.5 Å². The molecule has 0 fully saturated rings. The summed E-state index contributed by atoms with van der Waals surface area (Å²) < 4.78 is 9.93. The summed E-state index contributed by atoms with van der Waals surface area (Å²) in [6.07, 6.45) is 0. The van der Waals surface area contributed by atoms with Crippen LogP contribution in [-0.2, 0) is 10.6 Å². The van der Waals surface area contributed by atoms with E-state index >= 15 is 0 Å². The van der Waals surface area contributed by atoms with Crippen molar-refractivity contribution < 1.29 is 18.8 Å². The maximum atomic E-state index is 11.4. The molecule has 1 heterocycles. The maximum Gasteiger partial charge on any atom is 0.374 e. The highest BCUT2D eigenvalue weighted by Crippen LogP contribution is 2.22. The molecule has 1 aromatic heterocycles. The van der Waals surface area contributed by atoms with Gasteiger partial charge in [-0.3, -0.25) is 0 Å². The average molecular weight is 283 g/mol. The highest BCUT2D eigenvalue weighted by atomic mass is 35.7. The number of hydrogen-bond acceptors (Lipinski definition) is 4. The molecule has 1 aromatic rings. The normalized spacial score (nSPS) is 11.6. The van der Waals surface area contributed by atoms with E-state index < -0.39 is 13.1 Å². The van der Waals surface area contributed by atoms with Crippen molar-refractivity contribution in [2.45, 2.75) is 12.8 Å². The van der Waals surface area contributed by atoms with Crippen molar-refractivity contribution in [2.75, 3.05) is 6.61 Å². The molecule has 1 rings (SSSR count). The Hall–Kier alpha value is -0.540. The number of rotatable bonds is 4. The third-order valence-electron chi connectivity index (χ3n) is 1.66. The molecular weight excluding hydrogens is 274 g/mol. The van der Waals surface area contributed by atoms with Crippen LogP contribution in [0, 0.1) is 0 Å². The maximum absolute atomic E-state index is 11.4. The summed E-state index contributed by atoms with van der Waals surface area (Å²) in [7, 11) is -2.00. The first-order valence-corrected chi connectivity index (χ1v) is 7.18. The zero-order valence-corrected chi connectivity index (χ0v) is 10.8. The largest absolute Gasteiger partial charge is 0.615 e. The Bertz CT molecular complexity index is 410. The lowest BCUT2D eigenvalue weighted by Gasteiger charge is -1.98. The van der Waals surface area contributed by atoms with E-state index in [2.05, 4.69) is 0 Å². The summed E-state index contributed by atoms with van der Waals surface area (Å²) in [6, 6.07) is 1.51. The molecule has 0 aliphatic rings. The molecule has 1 atom stereocenters. The van der Waals surface area contributed by atoms with Gasteiger partial charge in [0.15, 0.2) is 29.9 Å². The van der Waals surface area contributed by atoms with Gasteiger partial charge in [-0.1, -0.05) is 0 Å². The second kappa shape index (κ2) is 6.26. The molecule has 16 heavy (non-hydrogen) atoms. The number of halogens is 2. The van der Waals surface area contributed by atoms with Gasteiger partial charge in [0.25, 0.3) is 0 Å². The van der Waals surface area contributed by atoms with Crippen LogP contribution >= 0.6 is 30.0 Å². The minimum atomic E-state index is -2.00. The number of esters is 1. The number of alkyl halides is 1. The molecule has 4 nitrogen and oxygen atoms in total. The van der Waals surface area contributed by atoms with Crippen molar-refractivity contribution in [2.24, 2.45) is 0 Å². The Morgan fingerprint density at radius 2 is 2.44 bits per heavy atom. The lowest BCUT2D eigenvalue weighted by Crippen LogP contribution is -2.05. The topological polar surface area (TPSA) is 62.5 Å². The molecule has 1 unspecified atom stereocenters. The monoisotopic (exact) mass is 282 g/mol. The Labute approximate surface area is 103 Å². The van der Waals surface area contributed by atoms with Gasteiger partial charge in [0, 0.05) is 5.56 Å². The molecule has 0 N–H and O–H groups in total. The van der Waals surface area contributed by atoms with E-state index in [1.165, 1.54) is 11.9 Å². The molecular formula is C9H9Cl2O4P. The van der Waals surface area contributed by atoms with Gasteiger partial charge < -0.3 is 14.0 Å². The standard InChI is InChI=1S/C9H9Cl2O4P/c1-2-14-9(12)8-6(4-10)3-7(15-8)5-16(11)13/h3,5H,2,4H2,1H3. The van der Waals surface area contributed by atoms with Crippen molar-refractivity contribution in [3.8, 4) is 0 Å². The summed E-state index contributed by atoms with van der Waals surface area (Å²) in [6.45, 7) is 1.92. The number of carbonyl (C=O) groups is 1. The Morgan fingerprint density at radius 1 is 1.75 bits per heavy atom. The molecule has 0 aliphatic heterocycles. The van der Waals surface area contributed by atoms with E-state index in [-0.39, 0.29) is 24.0 Å². The first kappa shape index (κ1) is 13.5. The van der Waals surface area contributed by atoms with Gasteiger partial charge in [0.05, 0.1) is 12.5 Å². The third-order valence-corrected chi connectivity index (χ3v) is 2.70. The third kappa shape index (κ3) is 3.49. The van der Waals surface area contributed by atoms with Gasteiger partial charge in [-0.25, -0.2) is 4.79 Å². The van der Waals surface area contributed by atoms with Crippen LogP contribution in [-0.4, -0.2) is 18.4 Å². The van der Waals surface area contributed by atoms with Gasteiger partial charge in [0.1, 0.15) is 0 Å². The zero-order valence-electron chi connectivity index (χ0n) is 8.41. The van der Waals surface area contributed by atoms with E-state index in [1.807, 2.05) is 0 Å². The van der Waals surface area contributed by atoms with Crippen molar-refractivity contribution in [3.63, 3.8) is 0 Å². The molecule has 7 heteroatoms. The van der Waals surface area contributed by atoms with Crippen molar-refractivity contribution in [1.29, 1.82) is 0 Å². The van der Waals surface area contributed by atoms with Gasteiger partial charge >= 0.3 is 5.97 Å². The summed E-state index contributed by atoms with van der Waals surface area (Å²) in [5.41, 5.74) is 0.486. The number of carbonyl (C=O) groups excluding carboxylic acids is 1. The van der Waals surface area contributed by atoms with Crippen LogP contribution in [0.4, 0.5) is 0 Å². The summed E-state index contributed by atoms with van der Waals surface area (Å²) in [5.74, 6) is 0.981. The fourth-order valence-corrected chi connectivity index (χ4v) is 1.90. The van der Waals surface area contributed by atoms with E-state index in [1.54, 1.807) is 6.92 Å². The van der Waals surface area contributed by atoms with Crippen molar-refractivity contribution in [1.82, 2.24) is 0 Å². The van der Waals surface area contributed by atoms with Gasteiger partial charge in [-0.15, -0.1) is 11.6 Å². The van der Waals surface area contributed by atoms with Crippen LogP contribution in [0.5, 0.6) is 0 Å². The Kier molecular flexibility index (Phi) is 5.29. The fraction of sp³-hybridized carbons (Fsp3) is 0.333. The van der Waals surface area contributed by atoms with Crippen LogP contribution in [0.25, 0.3) is 0 Å². The fourth-order valence-electron chi connectivity index (χ4n) is 1.08. The van der Waals surface area contributed by atoms with Crippen LogP contribution < -0.4 is 4.89 Å². The smallest absolute Gasteiger partial charge is 0.374 e. The molecule has 0 saturated heterocycles. The van der Waals surface area contributed by atoms with E-state index in [0.29, 0.717) is 5.56 Å². The molecule has 0 aromatic carbocycles. The Balaban J connectivity index is 3.04.